The summed E-state index contributed by atoms with van der Waals surface area (Å²) in [7, 11) is 0. The fourth-order valence-corrected chi connectivity index (χ4v) is 5.00. The van der Waals surface area contributed by atoms with Gasteiger partial charge in [0.1, 0.15) is 35.4 Å². The number of hydrogen-bond acceptors (Lipinski definition) is 6. The highest BCUT2D eigenvalue weighted by Crippen LogP contribution is 2.25. The average Bonchev–Trinajstić information content (AvgIpc) is 3.56. The lowest BCUT2D eigenvalue weighted by molar-refractivity contribution is -0.138. The second-order valence-corrected chi connectivity index (χ2v) is 9.98. The molecule has 5 N–H and O–H groups in total. The first-order valence-electron chi connectivity index (χ1n) is 12.1. The van der Waals surface area contributed by atoms with Gasteiger partial charge in [-0.15, -0.1) is 11.3 Å². The van der Waals surface area contributed by atoms with Gasteiger partial charge in [0.15, 0.2) is 0 Å². The molecule has 1 aliphatic rings. The Morgan fingerprint density at radius 2 is 1.77 bits per heavy atom. The van der Waals surface area contributed by atoms with Crippen LogP contribution in [0.25, 0.3) is 0 Å². The number of nitrogen functional groups attached to an aromatic ring is 1. The van der Waals surface area contributed by atoms with Crippen LogP contribution < -0.4 is 21.1 Å². The lowest BCUT2D eigenvalue weighted by Crippen LogP contribution is -2.49. The average molecular weight is 556 g/mol. The van der Waals surface area contributed by atoms with Crippen molar-refractivity contribution in [2.45, 2.75) is 31.6 Å². The van der Waals surface area contributed by atoms with Crippen LogP contribution in [-0.4, -0.2) is 53.8 Å². The van der Waals surface area contributed by atoms with Crippen LogP contribution in [0, 0.1) is 11.2 Å². The number of alkyl halides is 1. The topological polar surface area (TPSA) is 138 Å². The van der Waals surface area contributed by atoms with Crippen LogP contribution in [0.4, 0.5) is 8.78 Å². The molecule has 39 heavy (non-hydrogen) atoms. The van der Waals surface area contributed by atoms with Crippen molar-refractivity contribution < 1.29 is 27.9 Å². The molecule has 0 saturated carbocycles. The summed E-state index contributed by atoms with van der Waals surface area (Å²) in [6.07, 6.45) is -1.51. The minimum Gasteiger partial charge on any atom is -0.457 e. The predicted octanol–water partition coefficient (Wildman–Crippen LogP) is 3.51. The van der Waals surface area contributed by atoms with Crippen molar-refractivity contribution in [3.63, 3.8) is 0 Å². The molecule has 3 atom stereocenters. The quantitative estimate of drug-likeness (QED) is 0.237. The minimum absolute atomic E-state index is 0.0832. The van der Waals surface area contributed by atoms with Gasteiger partial charge in [-0.25, -0.2) is 8.78 Å². The molecule has 1 saturated heterocycles. The third kappa shape index (κ3) is 6.96. The number of nitrogens with zero attached hydrogens (tertiary/aromatic N) is 1. The minimum atomic E-state index is -1.37. The normalized spacial score (nSPS) is 17.4. The first kappa shape index (κ1) is 27.7. The van der Waals surface area contributed by atoms with Gasteiger partial charge in [-0.3, -0.25) is 19.8 Å². The van der Waals surface area contributed by atoms with E-state index in [2.05, 4.69) is 10.6 Å². The summed E-state index contributed by atoms with van der Waals surface area (Å²) in [6.45, 7) is 1.09. The number of nitrogens with two attached hydrogens (primary N) is 1. The number of benzene rings is 2. The van der Waals surface area contributed by atoms with Gasteiger partial charge >= 0.3 is 0 Å². The van der Waals surface area contributed by atoms with Crippen LogP contribution in [0.1, 0.15) is 40.2 Å². The second kappa shape index (κ2) is 12.0. The van der Waals surface area contributed by atoms with E-state index in [4.69, 9.17) is 15.9 Å². The largest absolute Gasteiger partial charge is 0.457 e. The van der Waals surface area contributed by atoms with E-state index in [1.54, 1.807) is 30.5 Å². The van der Waals surface area contributed by atoms with Crippen LogP contribution in [0.5, 0.6) is 11.5 Å². The molecular weight excluding hydrogens is 528 g/mol. The third-order valence-electron chi connectivity index (χ3n) is 6.16. The molecule has 1 aliphatic heterocycles. The van der Waals surface area contributed by atoms with Gasteiger partial charge in [0, 0.05) is 27.8 Å². The molecule has 2 aromatic carbocycles. The van der Waals surface area contributed by atoms with Gasteiger partial charge in [0.2, 0.25) is 11.8 Å². The Hall–Kier alpha value is -4.32. The van der Waals surface area contributed by atoms with Crippen molar-refractivity contribution in [2.75, 3.05) is 13.1 Å². The first-order valence-corrected chi connectivity index (χ1v) is 13.0. The number of carbonyl (C=O) groups is 3. The van der Waals surface area contributed by atoms with Crippen LogP contribution in [0.3, 0.4) is 0 Å². The van der Waals surface area contributed by atoms with E-state index in [-0.39, 0.29) is 30.2 Å². The fraction of sp³-hybridized carbons (Fsp3) is 0.259. The molecule has 9 nitrogen and oxygen atoms in total. The first-order chi connectivity index (χ1) is 18.6. The molecule has 0 bridgehead atoms. The number of rotatable bonds is 9. The van der Waals surface area contributed by atoms with E-state index in [1.807, 2.05) is 0 Å². The lowest BCUT2D eigenvalue weighted by atomic mass is 10.1. The number of nitrogens with one attached hydrogen (secondary N) is 3. The van der Waals surface area contributed by atoms with E-state index in [0.29, 0.717) is 17.1 Å². The molecule has 4 rings (SSSR count). The molecule has 0 radical (unpaired) electrons. The Morgan fingerprint density at radius 1 is 1.13 bits per heavy atom. The van der Waals surface area contributed by atoms with Gasteiger partial charge in [-0.2, -0.15) is 0 Å². The van der Waals surface area contributed by atoms with Gasteiger partial charge in [-0.05, 0) is 61.5 Å². The molecular formula is C27H27F2N5O4S. The Morgan fingerprint density at radius 3 is 2.38 bits per heavy atom. The summed E-state index contributed by atoms with van der Waals surface area (Å²) in [5, 5.41) is 14.5. The lowest BCUT2D eigenvalue weighted by Gasteiger charge is -2.25. The molecule has 1 fully saturated rings. The highest BCUT2D eigenvalue weighted by molar-refractivity contribution is 7.10. The van der Waals surface area contributed by atoms with E-state index in [9.17, 15) is 23.2 Å². The number of halogens is 2. The molecule has 0 unspecified atom stereocenters. The van der Waals surface area contributed by atoms with Crippen LogP contribution in [-0.2, 0) is 9.59 Å². The van der Waals surface area contributed by atoms with Crippen molar-refractivity contribution in [1.29, 1.82) is 5.41 Å². The summed E-state index contributed by atoms with van der Waals surface area (Å²) >= 11 is 1.33. The predicted molar refractivity (Wildman–Crippen MR) is 142 cm³/mol. The zero-order valence-corrected chi connectivity index (χ0v) is 21.8. The van der Waals surface area contributed by atoms with Gasteiger partial charge in [-0.1, -0.05) is 0 Å². The van der Waals surface area contributed by atoms with Gasteiger partial charge in [0.05, 0.1) is 19.1 Å². The van der Waals surface area contributed by atoms with Gasteiger partial charge < -0.3 is 26.0 Å². The highest BCUT2D eigenvalue weighted by atomic mass is 32.1. The summed E-state index contributed by atoms with van der Waals surface area (Å²) in [5.74, 6) is -1.21. The summed E-state index contributed by atoms with van der Waals surface area (Å²) < 4.78 is 32.9. The number of hydrogen-bond donors (Lipinski definition) is 4. The molecule has 204 valence electrons. The number of thiophene rings is 1. The number of ether oxygens (including phenoxy) is 1. The summed E-state index contributed by atoms with van der Waals surface area (Å²) in [4.78, 5) is 40.2. The Bertz CT molecular complexity index is 1360. The van der Waals surface area contributed by atoms with E-state index < -0.39 is 42.5 Å². The number of amides is 3. The fourth-order valence-electron chi connectivity index (χ4n) is 4.08. The van der Waals surface area contributed by atoms with Crippen LogP contribution in [0.15, 0.2) is 60.0 Å². The molecule has 1 aromatic heterocycles. The third-order valence-corrected chi connectivity index (χ3v) is 7.27. The van der Waals surface area contributed by atoms with E-state index in [1.165, 1.54) is 47.7 Å². The standard InChI is InChI=1S/C27H27F2N5O4S/c1-15(23-10-17(14-39-23)25(30)31)33-27(37)22-11-19(29)13-34(22)24(35)12-32-26(36)16-2-6-20(7-3-16)38-21-8-4-18(28)5-9-21/h2-10,14-15,19,22H,11-13H2,1H3,(H3,30,31)(H,32,36)(H,33,37)/t15-,19-,22+/m1/s1. The molecule has 2 heterocycles. The SMILES string of the molecule is C[C@@H](NC(=O)[C@@H]1C[C@@H](F)CN1C(=O)CNC(=O)c1ccc(Oc2ccc(F)cc2)cc1)c1cc(C(=N)N)cs1. The van der Waals surface area contributed by atoms with Crippen LogP contribution in [0.2, 0.25) is 0 Å². The van der Waals surface area contributed by atoms with Crippen molar-refractivity contribution in [3.05, 3.63) is 81.8 Å². The van der Waals surface area contributed by atoms with Crippen molar-refractivity contribution in [3.8, 4) is 11.5 Å². The number of likely N-dealkylation sites (tertiary alicyclic amines) is 1. The zero-order chi connectivity index (χ0) is 28.1. The maximum atomic E-state index is 14.2. The maximum Gasteiger partial charge on any atom is 0.251 e. The maximum absolute atomic E-state index is 14.2. The van der Waals surface area contributed by atoms with Gasteiger partial charge in [0.25, 0.3) is 5.91 Å². The van der Waals surface area contributed by atoms with E-state index >= 15 is 0 Å². The number of carbonyl (C=O) groups excluding carboxylic acids is 3. The summed E-state index contributed by atoms with van der Waals surface area (Å²) in [6, 6.07) is 11.9. The molecule has 3 aromatic rings. The molecule has 0 aliphatic carbocycles. The number of amidine groups is 1. The smallest absolute Gasteiger partial charge is 0.251 e. The Kier molecular flexibility index (Phi) is 8.55. The van der Waals surface area contributed by atoms with Crippen molar-refractivity contribution >= 4 is 34.9 Å². The Balaban J connectivity index is 1.31. The zero-order valence-electron chi connectivity index (χ0n) is 20.9. The van der Waals surface area contributed by atoms with Crippen LogP contribution >= 0.6 is 11.3 Å². The molecule has 12 heteroatoms. The molecule has 3 amide bonds. The van der Waals surface area contributed by atoms with E-state index in [0.717, 1.165) is 9.78 Å². The second-order valence-electron chi connectivity index (χ2n) is 9.04. The molecule has 0 spiro atoms. The highest BCUT2D eigenvalue weighted by Gasteiger charge is 2.40. The van der Waals surface area contributed by atoms with Crippen molar-refractivity contribution in [2.24, 2.45) is 5.73 Å². The Labute approximate surface area is 227 Å². The van der Waals surface area contributed by atoms with Crippen molar-refractivity contribution in [1.82, 2.24) is 15.5 Å². The monoisotopic (exact) mass is 555 g/mol. The summed E-state index contributed by atoms with van der Waals surface area (Å²) in [5.41, 5.74) is 6.30.